The van der Waals surface area contributed by atoms with E-state index < -0.39 is 101 Å². The summed E-state index contributed by atoms with van der Waals surface area (Å²) >= 11 is 0. The van der Waals surface area contributed by atoms with Crippen molar-refractivity contribution in [2.24, 2.45) is 17.3 Å². The third-order valence-electron chi connectivity index (χ3n) is 9.62. The van der Waals surface area contributed by atoms with Crippen LogP contribution in [0, 0.1) is 17.3 Å². The number of ether oxygens (including phenoxy) is 6. The molecule has 2 aliphatic carbocycles. The van der Waals surface area contributed by atoms with Gasteiger partial charge in [0.05, 0.1) is 12.2 Å². The maximum atomic E-state index is 13.2. The Morgan fingerprint density at radius 2 is 1.56 bits per heavy atom. The van der Waals surface area contributed by atoms with Gasteiger partial charge >= 0.3 is 29.8 Å². The minimum atomic E-state index is -1.64. The SMILES string of the molecule is CCCC(=O)O[C@H]1C(OC(C)=O)/C(C)=C\[C@@H]2OC(=O)[C@]3(C)O[C@]23C(OC(C)=O)[C@H]2[C@@H](C)[C@@H](O)C[C@H](O)[C@]2(C)[C@H]1OC(C)=O. The van der Waals surface area contributed by atoms with Crippen LogP contribution >= 0.6 is 0 Å². The lowest BCUT2D eigenvalue weighted by molar-refractivity contribution is -0.247. The molecule has 43 heavy (non-hydrogen) atoms. The fourth-order valence-corrected chi connectivity index (χ4v) is 7.48. The van der Waals surface area contributed by atoms with Crippen molar-refractivity contribution in [3.05, 3.63) is 11.6 Å². The first-order valence-electron chi connectivity index (χ1n) is 14.6. The third kappa shape index (κ3) is 5.22. The number of fused-ring (bicyclic) bond motifs is 1. The van der Waals surface area contributed by atoms with E-state index in [9.17, 15) is 34.2 Å². The molecule has 2 saturated heterocycles. The van der Waals surface area contributed by atoms with Crippen LogP contribution in [0.25, 0.3) is 0 Å². The molecule has 240 valence electrons. The van der Waals surface area contributed by atoms with Gasteiger partial charge in [-0.25, -0.2) is 4.79 Å². The van der Waals surface area contributed by atoms with E-state index in [0.29, 0.717) is 6.42 Å². The number of carbonyl (C=O) groups is 5. The number of rotatable bonds is 6. The normalized spacial score (nSPS) is 44.7. The smallest absolute Gasteiger partial charge is 0.342 e. The minimum Gasteiger partial charge on any atom is -0.459 e. The Morgan fingerprint density at radius 1 is 0.977 bits per heavy atom. The van der Waals surface area contributed by atoms with Crippen LogP contribution < -0.4 is 0 Å². The molecule has 2 unspecified atom stereocenters. The molecular weight excluding hydrogens is 568 g/mol. The van der Waals surface area contributed by atoms with Crippen molar-refractivity contribution < 1.29 is 62.6 Å². The molecule has 12 atom stereocenters. The monoisotopic (exact) mass is 610 g/mol. The first kappa shape index (κ1) is 32.9. The molecule has 1 saturated carbocycles. The fourth-order valence-electron chi connectivity index (χ4n) is 7.48. The summed E-state index contributed by atoms with van der Waals surface area (Å²) in [5, 5.41) is 23.0. The van der Waals surface area contributed by atoms with E-state index in [2.05, 4.69) is 0 Å². The second kappa shape index (κ2) is 11.5. The molecule has 0 bridgehead atoms. The number of carbonyl (C=O) groups excluding carboxylic acids is 5. The van der Waals surface area contributed by atoms with Gasteiger partial charge in [0.1, 0.15) is 6.10 Å². The van der Waals surface area contributed by atoms with Crippen LogP contribution in [0.2, 0.25) is 0 Å². The predicted molar refractivity (Wildman–Crippen MR) is 145 cm³/mol. The molecule has 0 aromatic rings. The topological polar surface area (TPSA) is 184 Å². The maximum absolute atomic E-state index is 13.2. The minimum absolute atomic E-state index is 0.0116. The van der Waals surface area contributed by atoms with E-state index in [0.717, 1.165) is 13.8 Å². The molecule has 2 heterocycles. The maximum Gasteiger partial charge on any atom is 0.342 e. The zero-order chi connectivity index (χ0) is 32.2. The van der Waals surface area contributed by atoms with Gasteiger partial charge in [0.25, 0.3) is 0 Å². The highest BCUT2D eigenvalue weighted by molar-refractivity contribution is 5.89. The fraction of sp³-hybridized carbons (Fsp3) is 0.767. The van der Waals surface area contributed by atoms with Crippen LogP contribution in [-0.2, 0) is 52.4 Å². The van der Waals surface area contributed by atoms with Gasteiger partial charge in [-0.2, -0.15) is 0 Å². The zero-order valence-electron chi connectivity index (χ0n) is 25.8. The first-order valence-corrected chi connectivity index (χ1v) is 14.6. The summed E-state index contributed by atoms with van der Waals surface area (Å²) < 4.78 is 35.4. The van der Waals surface area contributed by atoms with Crippen LogP contribution in [0.15, 0.2) is 11.6 Å². The van der Waals surface area contributed by atoms with Crippen molar-refractivity contribution in [3.63, 3.8) is 0 Å². The largest absolute Gasteiger partial charge is 0.459 e. The van der Waals surface area contributed by atoms with Crippen molar-refractivity contribution in [2.45, 2.75) is 129 Å². The van der Waals surface area contributed by atoms with E-state index in [1.54, 1.807) is 27.7 Å². The molecule has 13 nitrogen and oxygen atoms in total. The predicted octanol–water partition coefficient (Wildman–Crippen LogP) is 1.29. The Balaban J connectivity index is 2.09. The van der Waals surface area contributed by atoms with Gasteiger partial charge in [0, 0.05) is 44.9 Å². The Morgan fingerprint density at radius 3 is 2.09 bits per heavy atom. The number of hydrogen-bond acceptors (Lipinski definition) is 13. The molecular formula is C30H42O13. The number of esters is 5. The van der Waals surface area contributed by atoms with Gasteiger partial charge in [-0.05, 0) is 37.8 Å². The highest BCUT2D eigenvalue weighted by Crippen LogP contribution is 2.65. The van der Waals surface area contributed by atoms with E-state index in [4.69, 9.17) is 28.4 Å². The third-order valence-corrected chi connectivity index (χ3v) is 9.62. The number of epoxide rings is 1. The number of hydrogen-bond donors (Lipinski definition) is 2. The Bertz CT molecular complexity index is 1210. The van der Waals surface area contributed by atoms with Gasteiger partial charge in [-0.1, -0.05) is 20.8 Å². The summed E-state index contributed by atoms with van der Waals surface area (Å²) in [6.45, 7) is 11.6. The van der Waals surface area contributed by atoms with Crippen LogP contribution in [-0.4, -0.2) is 94.0 Å². The van der Waals surface area contributed by atoms with Gasteiger partial charge in [-0.3, -0.25) is 19.2 Å². The van der Waals surface area contributed by atoms with Crippen LogP contribution in [0.1, 0.15) is 74.7 Å². The van der Waals surface area contributed by atoms with E-state index in [-0.39, 0.29) is 18.4 Å². The standard InChI is InChI=1S/C30H42O13/c1-9-10-21(36)42-24-23(38-15(4)31)13(2)11-20-30(29(8,43-30)27(37)41-20)25(39-16(5)32)22-14(3)18(34)12-19(35)28(22,7)26(24)40-17(6)33/h11,14,18-20,22-26,34-35H,9-10,12H2,1-8H3/b13-11-/t14-,18-,19-,20-,22+,23?,24-,25?,26-,28-,29-,30-/m0/s1. The van der Waals surface area contributed by atoms with Crippen LogP contribution in [0.3, 0.4) is 0 Å². The molecule has 2 N–H and O–H groups in total. The molecule has 2 aliphatic heterocycles. The summed E-state index contributed by atoms with van der Waals surface area (Å²) in [4.78, 5) is 64.1. The van der Waals surface area contributed by atoms with Crippen molar-refractivity contribution in [3.8, 4) is 0 Å². The quantitative estimate of drug-likeness (QED) is 0.190. The summed E-state index contributed by atoms with van der Waals surface area (Å²) in [7, 11) is 0. The Labute approximate surface area is 250 Å². The molecule has 0 aromatic carbocycles. The molecule has 4 rings (SSSR count). The first-order chi connectivity index (χ1) is 19.9. The zero-order valence-corrected chi connectivity index (χ0v) is 25.8. The highest BCUT2D eigenvalue weighted by Gasteiger charge is 2.87. The number of aliphatic hydroxyl groups excluding tert-OH is 2. The molecule has 4 aliphatic rings. The van der Waals surface area contributed by atoms with E-state index in [1.165, 1.54) is 19.9 Å². The molecule has 0 radical (unpaired) electrons. The Kier molecular flexibility index (Phi) is 8.77. The lowest BCUT2D eigenvalue weighted by Crippen LogP contribution is -2.68. The average Bonchev–Trinajstić information content (AvgIpc) is 3.48. The lowest BCUT2D eigenvalue weighted by atomic mass is 9.53. The molecule has 13 heteroatoms. The van der Waals surface area contributed by atoms with Crippen LogP contribution in [0.5, 0.6) is 0 Å². The van der Waals surface area contributed by atoms with Crippen molar-refractivity contribution in [2.75, 3.05) is 0 Å². The molecule has 1 spiro atoms. The highest BCUT2D eigenvalue weighted by atomic mass is 16.7. The second-order valence-electron chi connectivity index (χ2n) is 12.5. The summed E-state index contributed by atoms with van der Waals surface area (Å²) in [6, 6.07) is 0. The molecule has 0 aromatic heterocycles. The Hall–Kier alpha value is -3.03. The van der Waals surface area contributed by atoms with Crippen molar-refractivity contribution >= 4 is 29.8 Å². The lowest BCUT2D eigenvalue weighted by Gasteiger charge is -2.57. The van der Waals surface area contributed by atoms with E-state index in [1.807, 2.05) is 0 Å². The van der Waals surface area contributed by atoms with Gasteiger partial charge in [-0.15, -0.1) is 0 Å². The van der Waals surface area contributed by atoms with Gasteiger partial charge in [0.2, 0.25) is 0 Å². The van der Waals surface area contributed by atoms with Gasteiger partial charge in [0.15, 0.2) is 35.6 Å². The van der Waals surface area contributed by atoms with Crippen LogP contribution in [0.4, 0.5) is 0 Å². The summed E-state index contributed by atoms with van der Waals surface area (Å²) in [6.07, 6.45) is -7.68. The molecule has 0 amide bonds. The van der Waals surface area contributed by atoms with E-state index >= 15 is 0 Å². The van der Waals surface area contributed by atoms with Crippen molar-refractivity contribution in [1.29, 1.82) is 0 Å². The number of aliphatic hydroxyl groups is 2. The second-order valence-corrected chi connectivity index (χ2v) is 12.5. The molecule has 3 fully saturated rings. The summed E-state index contributed by atoms with van der Waals surface area (Å²) in [5.41, 5.74) is -4.56. The average molecular weight is 611 g/mol. The summed E-state index contributed by atoms with van der Waals surface area (Å²) in [5.74, 6) is -5.50. The van der Waals surface area contributed by atoms with Gasteiger partial charge < -0.3 is 38.6 Å². The van der Waals surface area contributed by atoms with Crippen molar-refractivity contribution in [1.82, 2.24) is 0 Å².